The second-order valence-corrected chi connectivity index (χ2v) is 8.20. The van der Waals surface area contributed by atoms with Gasteiger partial charge in [-0.2, -0.15) is 13.2 Å². The van der Waals surface area contributed by atoms with Crippen molar-refractivity contribution in [3.63, 3.8) is 0 Å². The zero-order valence-corrected chi connectivity index (χ0v) is 17.1. The molecular weight excluding hydrogens is 463 g/mol. The second-order valence-electron chi connectivity index (χ2n) is 5.50. The standard InChI is InChI=1S/C18H11ClF3N3O3S2/c19-14-7-6-13(29-14)16(26)24-17(27)25(30-12-4-2-1-3-5-12)28-15-10-11(8-9-23-15)18(20,21)22/h1-10H,(H,24,26,27). The SMILES string of the molecule is O=C(NC(=O)N(Oc1cc(C(F)(F)F)ccn1)Sc1ccccc1)c1ccc(Cl)s1. The molecule has 0 radical (unpaired) electrons. The first-order chi connectivity index (χ1) is 14.2. The molecule has 0 unspecified atom stereocenters. The van der Waals surface area contributed by atoms with Gasteiger partial charge in [0.15, 0.2) is 0 Å². The van der Waals surface area contributed by atoms with E-state index in [2.05, 4.69) is 10.3 Å². The number of halogens is 4. The number of aromatic nitrogens is 1. The first kappa shape index (κ1) is 21.9. The molecule has 0 saturated carbocycles. The number of carbonyl (C=O) groups is 2. The minimum absolute atomic E-state index is 0.176. The monoisotopic (exact) mass is 473 g/mol. The first-order valence-corrected chi connectivity index (χ1v) is 10.0. The maximum absolute atomic E-state index is 12.9. The van der Waals surface area contributed by atoms with Gasteiger partial charge < -0.3 is 4.84 Å². The summed E-state index contributed by atoms with van der Waals surface area (Å²) in [6.45, 7) is 0. The summed E-state index contributed by atoms with van der Waals surface area (Å²) < 4.78 is 39.8. The topological polar surface area (TPSA) is 71.5 Å². The first-order valence-electron chi connectivity index (χ1n) is 8.07. The molecule has 0 fully saturated rings. The van der Waals surface area contributed by atoms with E-state index in [4.69, 9.17) is 16.4 Å². The van der Waals surface area contributed by atoms with Crippen LogP contribution in [0.15, 0.2) is 65.7 Å². The Labute approximate surface area is 181 Å². The highest BCUT2D eigenvalue weighted by Crippen LogP contribution is 2.31. The molecule has 1 aromatic carbocycles. The molecule has 0 bridgehead atoms. The molecule has 3 aromatic rings. The van der Waals surface area contributed by atoms with E-state index in [1.807, 2.05) is 0 Å². The van der Waals surface area contributed by atoms with E-state index in [-0.39, 0.29) is 4.88 Å². The van der Waals surface area contributed by atoms with Crippen LogP contribution in [0, 0.1) is 0 Å². The number of carbonyl (C=O) groups excluding carboxylic acids is 2. The lowest BCUT2D eigenvalue weighted by Crippen LogP contribution is -2.41. The van der Waals surface area contributed by atoms with Crippen molar-refractivity contribution in [1.82, 2.24) is 14.8 Å². The fourth-order valence-corrected chi connectivity index (χ4v) is 3.69. The summed E-state index contributed by atoms with van der Waals surface area (Å²) >= 11 is 7.49. The Balaban J connectivity index is 1.81. The third kappa shape index (κ3) is 5.88. The molecule has 0 atom stereocenters. The number of thiophene rings is 1. The van der Waals surface area contributed by atoms with E-state index in [1.54, 1.807) is 30.3 Å². The molecule has 6 nitrogen and oxygen atoms in total. The van der Waals surface area contributed by atoms with E-state index in [0.29, 0.717) is 19.8 Å². The van der Waals surface area contributed by atoms with Crippen LogP contribution in [-0.2, 0) is 6.18 Å². The average molecular weight is 474 g/mol. The van der Waals surface area contributed by atoms with Crippen molar-refractivity contribution in [3.05, 3.63) is 75.6 Å². The van der Waals surface area contributed by atoms with Gasteiger partial charge in [0.25, 0.3) is 5.91 Å². The van der Waals surface area contributed by atoms with Crippen LogP contribution in [0.1, 0.15) is 15.2 Å². The quantitative estimate of drug-likeness (QED) is 0.382. The van der Waals surface area contributed by atoms with Crippen LogP contribution in [0.3, 0.4) is 0 Å². The van der Waals surface area contributed by atoms with E-state index < -0.39 is 29.6 Å². The van der Waals surface area contributed by atoms with Gasteiger partial charge in [-0.3, -0.25) is 10.1 Å². The van der Waals surface area contributed by atoms with Crippen molar-refractivity contribution >= 4 is 46.8 Å². The minimum Gasteiger partial charge on any atom is -0.344 e. The van der Waals surface area contributed by atoms with Gasteiger partial charge in [-0.15, -0.1) is 11.3 Å². The van der Waals surface area contributed by atoms with Crippen LogP contribution in [0.2, 0.25) is 4.34 Å². The average Bonchev–Trinajstić information content (AvgIpc) is 3.14. The van der Waals surface area contributed by atoms with Gasteiger partial charge in [0.1, 0.15) is 0 Å². The number of urea groups is 1. The summed E-state index contributed by atoms with van der Waals surface area (Å²) in [6, 6.07) is 11.7. The van der Waals surface area contributed by atoms with Crippen molar-refractivity contribution < 1.29 is 27.6 Å². The number of imide groups is 1. The Hall–Kier alpha value is -2.76. The Bertz CT molecular complexity index is 1050. The van der Waals surface area contributed by atoms with Crippen LogP contribution in [-0.4, -0.2) is 21.4 Å². The van der Waals surface area contributed by atoms with E-state index >= 15 is 0 Å². The molecule has 0 aliphatic rings. The highest BCUT2D eigenvalue weighted by molar-refractivity contribution is 7.97. The summed E-state index contributed by atoms with van der Waals surface area (Å²) in [6.07, 6.45) is -3.71. The van der Waals surface area contributed by atoms with Crippen LogP contribution >= 0.6 is 34.9 Å². The Morgan fingerprint density at radius 2 is 1.87 bits per heavy atom. The zero-order valence-electron chi connectivity index (χ0n) is 14.7. The molecule has 156 valence electrons. The summed E-state index contributed by atoms with van der Waals surface area (Å²) in [5, 5.41) is 2.10. The fraction of sp³-hybridized carbons (Fsp3) is 0.0556. The molecule has 0 spiro atoms. The summed E-state index contributed by atoms with van der Waals surface area (Å²) in [7, 11) is 0. The van der Waals surface area contributed by atoms with Crippen molar-refractivity contribution in [1.29, 1.82) is 0 Å². The Morgan fingerprint density at radius 1 is 1.13 bits per heavy atom. The highest BCUT2D eigenvalue weighted by Gasteiger charge is 2.31. The number of amides is 3. The zero-order chi connectivity index (χ0) is 21.7. The van der Waals surface area contributed by atoms with Gasteiger partial charge in [0, 0.05) is 29.1 Å². The number of benzene rings is 1. The number of hydrogen-bond acceptors (Lipinski definition) is 6. The fourth-order valence-electron chi connectivity index (χ4n) is 2.04. The molecule has 30 heavy (non-hydrogen) atoms. The van der Waals surface area contributed by atoms with Crippen molar-refractivity contribution in [2.24, 2.45) is 0 Å². The predicted octanol–water partition coefficient (Wildman–Crippen LogP) is 5.67. The van der Waals surface area contributed by atoms with Crippen LogP contribution in [0.5, 0.6) is 5.88 Å². The molecule has 0 aliphatic heterocycles. The largest absolute Gasteiger partial charge is 0.416 e. The maximum atomic E-state index is 12.9. The number of alkyl halides is 3. The number of hydroxylamine groups is 1. The Kier molecular flexibility index (Phi) is 6.85. The van der Waals surface area contributed by atoms with E-state index in [1.165, 1.54) is 12.1 Å². The third-order valence-electron chi connectivity index (χ3n) is 3.35. The predicted molar refractivity (Wildman–Crippen MR) is 106 cm³/mol. The van der Waals surface area contributed by atoms with Crippen molar-refractivity contribution in [2.75, 3.05) is 0 Å². The molecule has 2 heterocycles. The summed E-state index contributed by atoms with van der Waals surface area (Å²) in [5.41, 5.74) is -0.998. The van der Waals surface area contributed by atoms with Gasteiger partial charge in [-0.1, -0.05) is 34.3 Å². The highest BCUT2D eigenvalue weighted by atomic mass is 35.5. The molecular formula is C18H11ClF3N3O3S2. The molecule has 3 amide bonds. The Morgan fingerprint density at radius 3 is 2.50 bits per heavy atom. The molecule has 1 N–H and O–H groups in total. The number of nitrogens with zero attached hydrogens (tertiary/aromatic N) is 2. The third-order valence-corrected chi connectivity index (χ3v) is 5.47. The molecule has 2 aromatic heterocycles. The van der Waals surface area contributed by atoms with E-state index in [0.717, 1.165) is 35.5 Å². The van der Waals surface area contributed by atoms with Gasteiger partial charge >= 0.3 is 12.2 Å². The van der Waals surface area contributed by atoms with E-state index in [9.17, 15) is 22.8 Å². The van der Waals surface area contributed by atoms with Crippen molar-refractivity contribution in [2.45, 2.75) is 11.1 Å². The van der Waals surface area contributed by atoms with Gasteiger partial charge in [-0.05, 0) is 30.3 Å². The summed E-state index contributed by atoms with van der Waals surface area (Å²) in [5.74, 6) is -1.22. The molecule has 0 aliphatic carbocycles. The van der Waals surface area contributed by atoms with Gasteiger partial charge in [0.2, 0.25) is 5.88 Å². The normalized spacial score (nSPS) is 11.1. The lowest BCUT2D eigenvalue weighted by Gasteiger charge is -2.20. The molecule has 3 rings (SSSR count). The lowest BCUT2D eigenvalue weighted by molar-refractivity contribution is -0.137. The lowest BCUT2D eigenvalue weighted by atomic mass is 10.2. The minimum atomic E-state index is -4.62. The van der Waals surface area contributed by atoms with Crippen molar-refractivity contribution in [3.8, 4) is 5.88 Å². The summed E-state index contributed by atoms with van der Waals surface area (Å²) in [4.78, 5) is 34.5. The molecule has 12 heteroatoms. The number of pyridine rings is 1. The van der Waals surface area contributed by atoms with Crippen LogP contribution < -0.4 is 10.2 Å². The van der Waals surface area contributed by atoms with Gasteiger partial charge in [-0.25, -0.2) is 9.78 Å². The number of rotatable bonds is 5. The number of nitrogens with one attached hydrogen (secondary N) is 1. The second kappa shape index (κ2) is 9.37. The molecule has 0 saturated heterocycles. The van der Waals surface area contributed by atoms with Crippen LogP contribution in [0.4, 0.5) is 18.0 Å². The maximum Gasteiger partial charge on any atom is 0.416 e. The number of hydrogen-bond donors (Lipinski definition) is 1. The van der Waals surface area contributed by atoms with Gasteiger partial charge in [0.05, 0.1) is 14.8 Å². The smallest absolute Gasteiger partial charge is 0.344 e. The van der Waals surface area contributed by atoms with Crippen LogP contribution in [0.25, 0.3) is 0 Å².